The van der Waals surface area contributed by atoms with Crippen LogP contribution in [0.3, 0.4) is 0 Å². The van der Waals surface area contributed by atoms with Crippen molar-refractivity contribution in [2.45, 2.75) is 70.4 Å². The minimum Gasteiger partial charge on any atom is -0.461 e. The molecule has 0 bridgehead atoms. The zero-order chi connectivity index (χ0) is 25.2. The number of primary amides is 1. The van der Waals surface area contributed by atoms with Crippen LogP contribution in [0.15, 0.2) is 35.4 Å². The molecule has 1 aromatic rings. The summed E-state index contributed by atoms with van der Waals surface area (Å²) >= 11 is 0. The summed E-state index contributed by atoms with van der Waals surface area (Å²) in [5.41, 5.74) is 11.5. The van der Waals surface area contributed by atoms with Crippen molar-refractivity contribution in [3.63, 3.8) is 0 Å². The monoisotopic (exact) mass is 478 g/mol. The van der Waals surface area contributed by atoms with Gasteiger partial charge in [0.2, 0.25) is 11.8 Å². The van der Waals surface area contributed by atoms with E-state index in [4.69, 9.17) is 16.2 Å². The molecule has 0 saturated carbocycles. The number of nitro groups is 1. The predicted molar refractivity (Wildman–Crippen MR) is 126 cm³/mol. The molecule has 0 unspecified atom stereocenters. The fourth-order valence-electron chi connectivity index (χ4n) is 3.08. The molecule has 1 rings (SSSR count). The minimum atomic E-state index is -0.921. The van der Waals surface area contributed by atoms with Gasteiger partial charge in [0.1, 0.15) is 17.8 Å². The number of carbonyl (C=O) groups excluding carboxylic acids is 3. The highest BCUT2D eigenvalue weighted by atomic mass is 16.7. The third kappa shape index (κ3) is 14.4. The maximum atomic E-state index is 12.1. The fourth-order valence-corrected chi connectivity index (χ4v) is 3.08. The predicted octanol–water partition coefficient (Wildman–Crippen LogP) is 1.31. The fraction of sp³-hybridized carbons (Fsp3) is 0.545. The Morgan fingerprint density at radius 1 is 1.00 bits per heavy atom. The topological polar surface area (TPSA) is 192 Å². The Morgan fingerprint density at radius 3 is 2.29 bits per heavy atom. The van der Waals surface area contributed by atoms with E-state index in [0.717, 1.165) is 37.7 Å². The molecule has 0 saturated heterocycles. The second-order valence-corrected chi connectivity index (χ2v) is 7.73. The van der Waals surface area contributed by atoms with E-state index >= 15 is 0 Å². The first-order valence-corrected chi connectivity index (χ1v) is 11.3. The molecule has 1 atom stereocenters. The Bertz CT molecular complexity index is 817. The number of nitrogens with two attached hydrogens (primary N) is 2. The summed E-state index contributed by atoms with van der Waals surface area (Å²) in [5.74, 6) is -1.66. The van der Waals surface area contributed by atoms with Crippen molar-refractivity contribution >= 4 is 23.7 Å². The first-order chi connectivity index (χ1) is 16.3. The third-order valence-electron chi connectivity index (χ3n) is 4.88. The van der Waals surface area contributed by atoms with E-state index in [0.29, 0.717) is 13.0 Å². The highest BCUT2D eigenvalue weighted by molar-refractivity contribution is 5.87. The van der Waals surface area contributed by atoms with Crippen LogP contribution in [0, 0.1) is 10.1 Å². The molecule has 12 nitrogen and oxygen atoms in total. The van der Waals surface area contributed by atoms with Crippen molar-refractivity contribution in [3.8, 4) is 0 Å². The third-order valence-corrected chi connectivity index (χ3v) is 4.88. The maximum absolute atomic E-state index is 12.1. The van der Waals surface area contributed by atoms with Crippen molar-refractivity contribution in [1.29, 1.82) is 0 Å². The molecule has 188 valence electrons. The molecule has 0 aromatic heterocycles. The van der Waals surface area contributed by atoms with Gasteiger partial charge in [0.15, 0.2) is 5.03 Å². The molecule has 1 aromatic carbocycles. The van der Waals surface area contributed by atoms with Crippen LogP contribution in [-0.4, -0.2) is 41.4 Å². The molecular formula is C22H34N6O6. The number of hydrazone groups is 1. The van der Waals surface area contributed by atoms with Gasteiger partial charge in [0.25, 0.3) is 5.96 Å². The van der Waals surface area contributed by atoms with E-state index in [1.165, 1.54) is 0 Å². The number of rotatable bonds is 17. The van der Waals surface area contributed by atoms with Gasteiger partial charge in [0.05, 0.1) is 0 Å². The summed E-state index contributed by atoms with van der Waals surface area (Å²) in [6.07, 6.45) is 5.41. The van der Waals surface area contributed by atoms with Crippen molar-refractivity contribution < 1.29 is 24.2 Å². The van der Waals surface area contributed by atoms with Crippen LogP contribution < -0.4 is 22.1 Å². The first kappa shape index (κ1) is 28.3. The molecular weight excluding hydrogens is 444 g/mol. The zero-order valence-electron chi connectivity index (χ0n) is 19.2. The normalized spacial score (nSPS) is 11.9. The lowest BCUT2D eigenvalue weighted by Crippen LogP contribution is -2.44. The van der Waals surface area contributed by atoms with E-state index in [1.54, 1.807) is 0 Å². The Labute approximate surface area is 198 Å². The number of ether oxygens (including phenoxy) is 1. The molecule has 12 heteroatoms. The van der Waals surface area contributed by atoms with E-state index in [9.17, 15) is 24.5 Å². The smallest absolute Gasteiger partial charge is 0.306 e. The van der Waals surface area contributed by atoms with Crippen LogP contribution in [0.4, 0.5) is 0 Å². The van der Waals surface area contributed by atoms with Gasteiger partial charge < -0.3 is 26.8 Å². The number of hydrogen-bond acceptors (Lipinski definition) is 6. The molecule has 0 aliphatic heterocycles. The molecule has 2 amide bonds. The summed E-state index contributed by atoms with van der Waals surface area (Å²) in [7, 11) is 0. The lowest BCUT2D eigenvalue weighted by atomic mass is 10.1. The molecule has 0 spiro atoms. The van der Waals surface area contributed by atoms with Crippen molar-refractivity contribution in [3.05, 3.63) is 46.0 Å². The number of benzene rings is 1. The molecule has 0 radical (unpaired) electrons. The SMILES string of the molecule is NC(=O)[C@H](CCC(=O)OCc1ccccc1)NC(=O)CCCCCCCCN/C(N)=N/[N+](=O)[O-]. The summed E-state index contributed by atoms with van der Waals surface area (Å²) in [6, 6.07) is 8.31. The van der Waals surface area contributed by atoms with Crippen molar-refractivity contribution in [2.75, 3.05) is 6.54 Å². The first-order valence-electron chi connectivity index (χ1n) is 11.3. The molecule has 0 heterocycles. The Kier molecular flexibility index (Phi) is 14.1. The number of carbonyl (C=O) groups is 3. The average molecular weight is 479 g/mol. The highest BCUT2D eigenvalue weighted by Gasteiger charge is 2.19. The number of amides is 2. The Morgan fingerprint density at radius 2 is 1.65 bits per heavy atom. The standard InChI is InChI=1S/C22H34N6O6/c23-21(31)18(13-14-20(30)34-16-17-10-6-5-7-11-17)26-19(29)12-8-3-1-2-4-9-15-25-22(24)27-28(32)33/h5-7,10-11,18H,1-4,8-9,12-16H2,(H2,23,31)(H,26,29)(H3,24,25,27)/t18-/m0/s1. The Balaban J connectivity index is 2.12. The number of esters is 1. The summed E-state index contributed by atoms with van der Waals surface area (Å²) < 4.78 is 5.17. The van der Waals surface area contributed by atoms with Crippen LogP contribution in [0.25, 0.3) is 0 Å². The molecule has 6 N–H and O–H groups in total. The summed E-state index contributed by atoms with van der Waals surface area (Å²) in [6.45, 7) is 0.646. The van der Waals surface area contributed by atoms with E-state index in [2.05, 4.69) is 15.7 Å². The lowest BCUT2D eigenvalue weighted by Gasteiger charge is -2.15. The summed E-state index contributed by atoms with van der Waals surface area (Å²) in [4.78, 5) is 45.8. The second-order valence-electron chi connectivity index (χ2n) is 7.73. The van der Waals surface area contributed by atoms with E-state index in [-0.39, 0.29) is 37.7 Å². The van der Waals surface area contributed by atoms with Crippen LogP contribution in [-0.2, 0) is 25.7 Å². The van der Waals surface area contributed by atoms with Crippen LogP contribution >= 0.6 is 0 Å². The van der Waals surface area contributed by atoms with Gasteiger partial charge >= 0.3 is 5.97 Å². The van der Waals surface area contributed by atoms with Crippen molar-refractivity contribution in [1.82, 2.24) is 10.6 Å². The molecule has 0 aliphatic carbocycles. The summed E-state index contributed by atoms with van der Waals surface area (Å²) in [5, 5.41) is 17.5. The highest BCUT2D eigenvalue weighted by Crippen LogP contribution is 2.08. The maximum Gasteiger partial charge on any atom is 0.306 e. The number of unbranched alkanes of at least 4 members (excludes halogenated alkanes) is 5. The van der Waals surface area contributed by atoms with Gasteiger partial charge in [-0.05, 0) is 24.8 Å². The van der Waals surface area contributed by atoms with Gasteiger partial charge in [0, 0.05) is 19.4 Å². The van der Waals surface area contributed by atoms with Crippen LogP contribution in [0.2, 0.25) is 0 Å². The number of nitrogens with zero attached hydrogens (tertiary/aromatic N) is 2. The van der Waals surface area contributed by atoms with Gasteiger partial charge in [-0.15, -0.1) is 0 Å². The average Bonchev–Trinajstić information content (AvgIpc) is 2.79. The number of nitrogens with one attached hydrogen (secondary N) is 2. The second kappa shape index (κ2) is 16.9. The molecule has 0 fully saturated rings. The van der Waals surface area contributed by atoms with Gasteiger partial charge in [-0.25, -0.2) is 10.1 Å². The largest absolute Gasteiger partial charge is 0.461 e. The van der Waals surface area contributed by atoms with E-state index in [1.807, 2.05) is 30.3 Å². The van der Waals surface area contributed by atoms with E-state index < -0.39 is 23.0 Å². The minimum absolute atomic E-state index is 0.0287. The zero-order valence-corrected chi connectivity index (χ0v) is 19.2. The van der Waals surface area contributed by atoms with Gasteiger partial charge in [-0.1, -0.05) is 56.0 Å². The van der Waals surface area contributed by atoms with Crippen LogP contribution in [0.1, 0.15) is 63.4 Å². The quantitative estimate of drug-likeness (QED) is 0.0642. The molecule has 0 aliphatic rings. The van der Waals surface area contributed by atoms with Crippen LogP contribution in [0.5, 0.6) is 0 Å². The Hall–Kier alpha value is -3.70. The number of guanidine groups is 1. The number of hydrogen-bond donors (Lipinski definition) is 4. The van der Waals surface area contributed by atoms with Gasteiger partial charge in [-0.3, -0.25) is 14.4 Å². The lowest BCUT2D eigenvalue weighted by molar-refractivity contribution is -0.485. The van der Waals surface area contributed by atoms with Gasteiger partial charge in [-0.2, -0.15) is 0 Å². The van der Waals surface area contributed by atoms with Crippen molar-refractivity contribution in [2.24, 2.45) is 16.6 Å². The molecule has 34 heavy (non-hydrogen) atoms.